The molecule has 0 amide bonds. The first-order valence-corrected chi connectivity index (χ1v) is 10.1. The molecule has 0 spiro atoms. The summed E-state index contributed by atoms with van der Waals surface area (Å²) in [5, 5.41) is 20.8. The number of methoxy groups -OCH3 is 2. The van der Waals surface area contributed by atoms with Gasteiger partial charge < -0.3 is 29.2 Å². The SMILES string of the molecule is COc1ccc(CCO[C@H]2CCCC[C@H]2n2c(O)cc(OC(C)=O)c2O)cc1OC. The summed E-state index contributed by atoms with van der Waals surface area (Å²) in [6.45, 7) is 1.73. The van der Waals surface area contributed by atoms with Gasteiger partial charge in [-0.1, -0.05) is 18.9 Å². The Balaban J connectivity index is 1.68. The van der Waals surface area contributed by atoms with Crippen LogP contribution in [0.25, 0.3) is 0 Å². The highest BCUT2D eigenvalue weighted by molar-refractivity contribution is 5.70. The lowest BCUT2D eigenvalue weighted by Crippen LogP contribution is -2.30. The van der Waals surface area contributed by atoms with E-state index in [4.69, 9.17) is 18.9 Å². The molecule has 0 saturated heterocycles. The van der Waals surface area contributed by atoms with Crippen LogP contribution in [0, 0.1) is 0 Å². The first-order chi connectivity index (χ1) is 14.4. The van der Waals surface area contributed by atoms with Crippen LogP contribution in [0.3, 0.4) is 0 Å². The zero-order chi connectivity index (χ0) is 21.7. The number of esters is 1. The van der Waals surface area contributed by atoms with Crippen molar-refractivity contribution in [3.63, 3.8) is 0 Å². The lowest BCUT2D eigenvalue weighted by molar-refractivity contribution is -0.132. The molecule has 0 aliphatic heterocycles. The summed E-state index contributed by atoms with van der Waals surface area (Å²) in [5.41, 5.74) is 1.06. The molecule has 2 aromatic rings. The smallest absolute Gasteiger partial charge is 0.308 e. The Labute approximate surface area is 175 Å². The molecular weight excluding hydrogens is 390 g/mol. The van der Waals surface area contributed by atoms with Gasteiger partial charge >= 0.3 is 5.97 Å². The normalized spacial score (nSPS) is 18.8. The van der Waals surface area contributed by atoms with Gasteiger partial charge in [-0.25, -0.2) is 0 Å². The molecule has 2 atom stereocenters. The number of aromatic hydroxyl groups is 2. The number of nitrogens with zero attached hydrogens (tertiary/aromatic N) is 1. The lowest BCUT2D eigenvalue weighted by Gasteiger charge is -2.33. The van der Waals surface area contributed by atoms with Crippen LogP contribution in [-0.4, -0.2) is 47.7 Å². The Hall–Kier alpha value is -2.87. The maximum absolute atomic E-state index is 11.2. The van der Waals surface area contributed by atoms with Gasteiger partial charge in [-0.2, -0.15) is 0 Å². The van der Waals surface area contributed by atoms with Crippen molar-refractivity contribution in [3.05, 3.63) is 29.8 Å². The molecular formula is C22H29NO7. The molecule has 1 saturated carbocycles. The summed E-state index contributed by atoms with van der Waals surface area (Å²) in [6, 6.07) is 6.78. The van der Waals surface area contributed by atoms with E-state index in [0.717, 1.165) is 31.2 Å². The van der Waals surface area contributed by atoms with Gasteiger partial charge in [0.25, 0.3) is 0 Å². The summed E-state index contributed by atoms with van der Waals surface area (Å²) < 4.78 is 23.2. The molecule has 0 bridgehead atoms. The molecule has 8 heteroatoms. The summed E-state index contributed by atoms with van der Waals surface area (Å²) in [5.74, 6) is 0.332. The largest absolute Gasteiger partial charge is 0.494 e. The van der Waals surface area contributed by atoms with Gasteiger partial charge in [-0.3, -0.25) is 9.36 Å². The average Bonchev–Trinajstić information content (AvgIpc) is 3.00. The molecule has 30 heavy (non-hydrogen) atoms. The number of hydrogen-bond donors (Lipinski definition) is 2. The molecule has 1 aliphatic carbocycles. The van der Waals surface area contributed by atoms with Crippen LogP contribution in [0.2, 0.25) is 0 Å². The first kappa shape index (κ1) is 21.8. The van der Waals surface area contributed by atoms with Crippen LogP contribution in [0.15, 0.2) is 24.3 Å². The maximum Gasteiger partial charge on any atom is 0.308 e. The standard InChI is InChI=1S/C22H29NO7/c1-14(24)30-20-13-21(25)23(22(20)26)16-6-4-5-7-17(16)29-11-10-15-8-9-18(27-2)19(12-15)28-3/h8-9,12-13,16-17,25-26H,4-7,10-11H2,1-3H3/t16-,17+/m1/s1. The summed E-state index contributed by atoms with van der Waals surface area (Å²) in [7, 11) is 3.20. The van der Waals surface area contributed by atoms with Crippen LogP contribution in [0.5, 0.6) is 29.0 Å². The maximum atomic E-state index is 11.2. The highest BCUT2D eigenvalue weighted by atomic mass is 16.5. The van der Waals surface area contributed by atoms with Crippen molar-refractivity contribution in [3.8, 4) is 29.0 Å². The van der Waals surface area contributed by atoms with Crippen molar-refractivity contribution < 1.29 is 34.0 Å². The van der Waals surface area contributed by atoms with Crippen molar-refractivity contribution in [2.24, 2.45) is 0 Å². The van der Waals surface area contributed by atoms with Gasteiger partial charge in [-0.15, -0.1) is 0 Å². The number of carbonyl (C=O) groups excluding carboxylic acids is 1. The van der Waals surface area contributed by atoms with Crippen LogP contribution < -0.4 is 14.2 Å². The fourth-order valence-corrected chi connectivity index (χ4v) is 3.97. The van der Waals surface area contributed by atoms with E-state index < -0.39 is 5.97 Å². The van der Waals surface area contributed by atoms with E-state index in [1.807, 2.05) is 18.2 Å². The van der Waals surface area contributed by atoms with Gasteiger partial charge in [0.1, 0.15) is 0 Å². The highest BCUT2D eigenvalue weighted by Gasteiger charge is 2.32. The Kier molecular flexibility index (Phi) is 7.10. The molecule has 1 aromatic heterocycles. The topological polar surface area (TPSA) is 99.4 Å². The molecule has 1 fully saturated rings. The van der Waals surface area contributed by atoms with Crippen molar-refractivity contribution in [2.45, 2.75) is 51.2 Å². The zero-order valence-electron chi connectivity index (χ0n) is 17.6. The van der Waals surface area contributed by atoms with Gasteiger partial charge in [0.05, 0.1) is 33.0 Å². The Bertz CT molecular complexity index is 877. The van der Waals surface area contributed by atoms with Crippen LogP contribution >= 0.6 is 0 Å². The van der Waals surface area contributed by atoms with E-state index in [-0.39, 0.29) is 29.7 Å². The van der Waals surface area contributed by atoms with Crippen LogP contribution in [0.1, 0.15) is 44.2 Å². The number of aromatic nitrogens is 1. The Morgan fingerprint density at radius 3 is 2.50 bits per heavy atom. The summed E-state index contributed by atoms with van der Waals surface area (Å²) >= 11 is 0. The van der Waals surface area contributed by atoms with Gasteiger partial charge in [0.2, 0.25) is 5.88 Å². The van der Waals surface area contributed by atoms with E-state index >= 15 is 0 Å². The minimum atomic E-state index is -0.561. The molecule has 0 unspecified atom stereocenters. The molecule has 0 radical (unpaired) electrons. The predicted molar refractivity (Wildman–Crippen MR) is 110 cm³/mol. The lowest BCUT2D eigenvalue weighted by atomic mass is 9.92. The second-order valence-electron chi connectivity index (χ2n) is 7.35. The van der Waals surface area contributed by atoms with E-state index in [1.54, 1.807) is 14.2 Å². The monoisotopic (exact) mass is 419 g/mol. The van der Waals surface area contributed by atoms with E-state index in [9.17, 15) is 15.0 Å². The number of hydrogen-bond acceptors (Lipinski definition) is 7. The van der Waals surface area contributed by atoms with E-state index in [0.29, 0.717) is 24.5 Å². The highest BCUT2D eigenvalue weighted by Crippen LogP contribution is 2.43. The number of ether oxygens (including phenoxy) is 4. The quantitative estimate of drug-likeness (QED) is 0.631. The van der Waals surface area contributed by atoms with Crippen molar-refractivity contribution in [1.29, 1.82) is 0 Å². The van der Waals surface area contributed by atoms with Crippen molar-refractivity contribution >= 4 is 5.97 Å². The van der Waals surface area contributed by atoms with Crippen molar-refractivity contribution in [2.75, 3.05) is 20.8 Å². The number of rotatable bonds is 8. The average molecular weight is 419 g/mol. The first-order valence-electron chi connectivity index (χ1n) is 10.1. The molecule has 2 N–H and O–H groups in total. The molecule has 1 aliphatic rings. The van der Waals surface area contributed by atoms with Gasteiger partial charge in [0, 0.05) is 13.0 Å². The van der Waals surface area contributed by atoms with Crippen LogP contribution in [0.4, 0.5) is 0 Å². The third kappa shape index (κ3) is 4.81. The minimum absolute atomic E-state index is 0.0466. The Morgan fingerprint density at radius 1 is 1.07 bits per heavy atom. The fourth-order valence-electron chi connectivity index (χ4n) is 3.97. The summed E-state index contributed by atoms with van der Waals surface area (Å²) in [6.07, 6.45) is 4.05. The molecule has 1 heterocycles. The third-order valence-corrected chi connectivity index (χ3v) is 5.38. The molecule has 164 valence electrons. The fraction of sp³-hybridized carbons (Fsp3) is 0.500. The Morgan fingerprint density at radius 2 is 1.80 bits per heavy atom. The zero-order valence-corrected chi connectivity index (χ0v) is 17.6. The van der Waals surface area contributed by atoms with Gasteiger partial charge in [-0.05, 0) is 37.0 Å². The number of benzene rings is 1. The number of carbonyl (C=O) groups is 1. The minimum Gasteiger partial charge on any atom is -0.494 e. The second kappa shape index (κ2) is 9.75. The van der Waals surface area contributed by atoms with E-state index in [1.165, 1.54) is 17.6 Å². The van der Waals surface area contributed by atoms with E-state index in [2.05, 4.69) is 0 Å². The van der Waals surface area contributed by atoms with Crippen LogP contribution in [-0.2, 0) is 16.0 Å². The third-order valence-electron chi connectivity index (χ3n) is 5.38. The molecule has 8 nitrogen and oxygen atoms in total. The van der Waals surface area contributed by atoms with Crippen molar-refractivity contribution in [1.82, 2.24) is 4.57 Å². The second-order valence-corrected chi connectivity index (χ2v) is 7.35. The molecule has 1 aromatic carbocycles. The molecule has 3 rings (SSSR count). The summed E-state index contributed by atoms with van der Waals surface area (Å²) in [4.78, 5) is 11.2. The predicted octanol–water partition coefficient (Wildman–Crippen LogP) is 3.58. The van der Waals surface area contributed by atoms with Gasteiger partial charge in [0.15, 0.2) is 23.1 Å².